The van der Waals surface area contributed by atoms with Crippen molar-refractivity contribution in [3.63, 3.8) is 0 Å². The molecule has 0 unspecified atom stereocenters. The van der Waals surface area contributed by atoms with E-state index in [-0.39, 0.29) is 23.4 Å². The van der Waals surface area contributed by atoms with Crippen LogP contribution in [0.3, 0.4) is 0 Å². The molecule has 0 N–H and O–H groups in total. The third-order valence-electron chi connectivity index (χ3n) is 3.86. The molecule has 2 rings (SSSR count). The van der Waals surface area contributed by atoms with Crippen molar-refractivity contribution in [3.8, 4) is 0 Å². The van der Waals surface area contributed by atoms with E-state index in [1.165, 1.54) is 12.3 Å². The maximum Gasteiger partial charge on any atom is 0.253 e. The fourth-order valence-electron chi connectivity index (χ4n) is 2.64. The summed E-state index contributed by atoms with van der Waals surface area (Å²) in [6.07, 6.45) is 2.58. The Bertz CT molecular complexity index is 634. The van der Waals surface area contributed by atoms with Gasteiger partial charge in [0.1, 0.15) is 15.7 Å². The molecule has 1 amide bonds. The van der Waals surface area contributed by atoms with E-state index in [9.17, 15) is 17.6 Å². The van der Waals surface area contributed by atoms with Gasteiger partial charge >= 0.3 is 0 Å². The second-order valence-corrected chi connectivity index (χ2v) is 7.98. The minimum Gasteiger partial charge on any atom is -0.339 e. The third-order valence-corrected chi connectivity index (χ3v) is 4.94. The minimum atomic E-state index is -2.98. The number of carbonyl (C=O) groups is 1. The molecule has 1 aliphatic heterocycles. The molecule has 4 nitrogen and oxygen atoms in total. The average Bonchev–Trinajstić information content (AvgIpc) is 2.40. The fourth-order valence-corrected chi connectivity index (χ4v) is 3.83. The van der Waals surface area contributed by atoms with Gasteiger partial charge in [-0.05, 0) is 43.4 Å². The smallest absolute Gasteiger partial charge is 0.253 e. The molecule has 1 fully saturated rings. The van der Waals surface area contributed by atoms with Crippen LogP contribution >= 0.6 is 0 Å². The Morgan fingerprint density at radius 1 is 1.33 bits per heavy atom. The molecule has 1 saturated heterocycles. The first-order valence-electron chi connectivity index (χ1n) is 6.99. The summed E-state index contributed by atoms with van der Waals surface area (Å²) in [4.78, 5) is 14.0. The Morgan fingerprint density at radius 3 is 2.48 bits per heavy atom. The van der Waals surface area contributed by atoms with Gasteiger partial charge in [0.2, 0.25) is 0 Å². The lowest BCUT2D eigenvalue weighted by molar-refractivity contribution is 0.0698. The third kappa shape index (κ3) is 4.27. The van der Waals surface area contributed by atoms with Crippen LogP contribution in [0, 0.1) is 18.7 Å². The number of hydrogen-bond acceptors (Lipinski definition) is 3. The number of amides is 1. The molecule has 1 aromatic carbocycles. The van der Waals surface area contributed by atoms with Crippen molar-refractivity contribution in [2.45, 2.75) is 19.8 Å². The van der Waals surface area contributed by atoms with Gasteiger partial charge in [-0.1, -0.05) is 6.07 Å². The number of nitrogens with zero attached hydrogens (tertiary/aromatic N) is 1. The van der Waals surface area contributed by atoms with E-state index < -0.39 is 9.84 Å². The van der Waals surface area contributed by atoms with Crippen LogP contribution in [0.15, 0.2) is 18.2 Å². The number of likely N-dealkylation sites (tertiary alicyclic amines) is 1. The van der Waals surface area contributed by atoms with Crippen LogP contribution in [0.25, 0.3) is 0 Å². The van der Waals surface area contributed by atoms with Crippen molar-refractivity contribution in [2.24, 2.45) is 5.92 Å². The van der Waals surface area contributed by atoms with Gasteiger partial charge in [0.05, 0.1) is 5.75 Å². The first-order valence-corrected chi connectivity index (χ1v) is 9.05. The first kappa shape index (κ1) is 15.9. The summed E-state index contributed by atoms with van der Waals surface area (Å²) < 4.78 is 36.1. The van der Waals surface area contributed by atoms with Gasteiger partial charge in [0, 0.05) is 24.9 Å². The van der Waals surface area contributed by atoms with E-state index in [1.807, 2.05) is 0 Å². The lowest BCUT2D eigenvalue weighted by Crippen LogP contribution is -2.39. The number of benzene rings is 1. The number of sulfone groups is 1. The molecule has 0 aliphatic carbocycles. The molecule has 0 bridgehead atoms. The largest absolute Gasteiger partial charge is 0.339 e. The number of carbonyl (C=O) groups excluding carboxylic acids is 1. The molecule has 0 saturated carbocycles. The molecule has 0 atom stereocenters. The Morgan fingerprint density at radius 2 is 1.95 bits per heavy atom. The van der Waals surface area contributed by atoms with E-state index in [4.69, 9.17) is 0 Å². The number of hydrogen-bond donors (Lipinski definition) is 0. The first-order chi connectivity index (χ1) is 9.76. The van der Waals surface area contributed by atoms with Crippen LogP contribution in [0.4, 0.5) is 4.39 Å². The second-order valence-electron chi connectivity index (χ2n) is 5.79. The highest BCUT2D eigenvalue weighted by Crippen LogP contribution is 2.21. The summed E-state index contributed by atoms with van der Waals surface area (Å²) in [5.74, 6) is -0.285. The highest BCUT2D eigenvalue weighted by molar-refractivity contribution is 7.90. The standard InChI is InChI=1S/C15H20FNO3S/c1-11-3-4-13(9-14(11)16)15(18)17-7-5-12(6-8-17)10-21(2,19)20/h3-4,9,12H,5-8,10H2,1-2H3. The normalized spacial score (nSPS) is 17.0. The van der Waals surface area contributed by atoms with Crippen molar-refractivity contribution >= 4 is 15.7 Å². The van der Waals surface area contributed by atoms with Gasteiger partial charge in [-0.25, -0.2) is 12.8 Å². The summed E-state index contributed by atoms with van der Waals surface area (Å²) in [5.41, 5.74) is 0.859. The van der Waals surface area contributed by atoms with Crippen molar-refractivity contribution in [1.29, 1.82) is 0 Å². The van der Waals surface area contributed by atoms with Crippen LogP contribution in [0.2, 0.25) is 0 Å². The SMILES string of the molecule is Cc1ccc(C(=O)N2CCC(CS(C)(=O)=O)CC2)cc1F. The Kier molecular flexibility index (Phi) is 4.66. The molecule has 0 spiro atoms. The molecule has 21 heavy (non-hydrogen) atoms. The van der Waals surface area contributed by atoms with Crippen LogP contribution in [-0.4, -0.2) is 44.3 Å². The zero-order valence-corrected chi connectivity index (χ0v) is 13.1. The zero-order chi connectivity index (χ0) is 15.6. The van der Waals surface area contributed by atoms with E-state index >= 15 is 0 Å². The Balaban J connectivity index is 1.98. The molecule has 1 aromatic rings. The number of halogens is 1. The molecule has 6 heteroatoms. The number of rotatable bonds is 3. The van der Waals surface area contributed by atoms with Crippen LogP contribution in [-0.2, 0) is 9.84 Å². The predicted molar refractivity (Wildman–Crippen MR) is 79.5 cm³/mol. The lowest BCUT2D eigenvalue weighted by Gasteiger charge is -2.31. The van der Waals surface area contributed by atoms with Crippen molar-refractivity contribution in [1.82, 2.24) is 4.90 Å². The zero-order valence-electron chi connectivity index (χ0n) is 12.3. The van der Waals surface area contributed by atoms with Gasteiger partial charge in [-0.2, -0.15) is 0 Å². The molecule has 1 heterocycles. The van der Waals surface area contributed by atoms with Crippen LogP contribution in [0.5, 0.6) is 0 Å². The van der Waals surface area contributed by atoms with E-state index in [1.54, 1.807) is 24.0 Å². The van der Waals surface area contributed by atoms with Gasteiger partial charge < -0.3 is 4.90 Å². The van der Waals surface area contributed by atoms with Crippen molar-refractivity contribution < 1.29 is 17.6 Å². The highest BCUT2D eigenvalue weighted by atomic mass is 32.2. The predicted octanol–water partition coefficient (Wildman–Crippen LogP) is 2.03. The van der Waals surface area contributed by atoms with E-state index in [2.05, 4.69) is 0 Å². The number of aryl methyl sites for hydroxylation is 1. The fraction of sp³-hybridized carbons (Fsp3) is 0.533. The summed E-state index contributed by atoms with van der Waals surface area (Å²) in [6, 6.07) is 4.49. The van der Waals surface area contributed by atoms with Gasteiger partial charge in [-0.3, -0.25) is 4.79 Å². The molecule has 1 aliphatic rings. The van der Waals surface area contributed by atoms with Crippen LogP contribution < -0.4 is 0 Å². The monoisotopic (exact) mass is 313 g/mol. The maximum atomic E-state index is 13.5. The minimum absolute atomic E-state index is 0.110. The average molecular weight is 313 g/mol. The second kappa shape index (κ2) is 6.13. The number of piperidine rings is 1. The van der Waals surface area contributed by atoms with Crippen molar-refractivity contribution in [2.75, 3.05) is 25.1 Å². The lowest BCUT2D eigenvalue weighted by atomic mass is 9.98. The molecule has 0 aromatic heterocycles. The quantitative estimate of drug-likeness (QED) is 0.858. The van der Waals surface area contributed by atoms with Crippen molar-refractivity contribution in [3.05, 3.63) is 35.1 Å². The highest BCUT2D eigenvalue weighted by Gasteiger charge is 2.25. The molecular weight excluding hydrogens is 293 g/mol. The van der Waals surface area contributed by atoms with Crippen LogP contribution in [0.1, 0.15) is 28.8 Å². The molecule has 116 valence electrons. The molecular formula is C15H20FNO3S. The van der Waals surface area contributed by atoms with E-state index in [0.717, 1.165) is 0 Å². The maximum absolute atomic E-state index is 13.5. The Hall–Kier alpha value is -1.43. The summed E-state index contributed by atoms with van der Waals surface area (Å²) in [5, 5.41) is 0. The topological polar surface area (TPSA) is 54.5 Å². The van der Waals surface area contributed by atoms with E-state index in [0.29, 0.717) is 37.1 Å². The summed E-state index contributed by atoms with van der Waals surface area (Å²) in [7, 11) is -2.98. The van der Waals surface area contributed by atoms with Gasteiger partial charge in [0.25, 0.3) is 5.91 Å². The molecule has 0 radical (unpaired) electrons. The summed E-state index contributed by atoms with van der Waals surface area (Å²) in [6.45, 7) is 2.70. The summed E-state index contributed by atoms with van der Waals surface area (Å²) >= 11 is 0. The Labute approximate surface area is 124 Å². The van der Waals surface area contributed by atoms with Gasteiger partial charge in [-0.15, -0.1) is 0 Å². The van der Waals surface area contributed by atoms with Gasteiger partial charge in [0.15, 0.2) is 0 Å².